The lowest BCUT2D eigenvalue weighted by atomic mass is 9.79. The van der Waals surface area contributed by atoms with E-state index in [1.807, 2.05) is 6.07 Å². The van der Waals surface area contributed by atoms with E-state index in [9.17, 15) is 0 Å². The number of aryl methyl sites for hydroxylation is 1. The maximum absolute atomic E-state index is 6.96. The Hall–Kier alpha value is -8.60. The van der Waals surface area contributed by atoms with Gasteiger partial charge in [-0.15, -0.1) is 0 Å². The van der Waals surface area contributed by atoms with Gasteiger partial charge in [-0.25, -0.2) is 0 Å². The Morgan fingerprint density at radius 3 is 1.76 bits per heavy atom. The Bertz CT molecular complexity index is 4520. The van der Waals surface area contributed by atoms with Crippen LogP contribution in [0, 0.1) is 6.92 Å². The molecule has 12 aromatic rings. The molecule has 0 amide bonds. The van der Waals surface area contributed by atoms with Gasteiger partial charge in [-0.1, -0.05) is 144 Å². The van der Waals surface area contributed by atoms with E-state index in [0.29, 0.717) is 6.61 Å². The van der Waals surface area contributed by atoms with Crippen molar-refractivity contribution in [2.75, 3.05) is 4.90 Å². The highest BCUT2D eigenvalue weighted by Crippen LogP contribution is 2.60. The van der Waals surface area contributed by atoms with Crippen molar-refractivity contribution in [3.8, 4) is 61.4 Å². The van der Waals surface area contributed by atoms with Crippen LogP contribution in [0.25, 0.3) is 99.5 Å². The molecule has 0 unspecified atom stereocenters. The first-order valence-corrected chi connectivity index (χ1v) is 26.5. The molecule has 4 aliphatic rings. The second-order valence-electron chi connectivity index (χ2n) is 23.2. The minimum absolute atomic E-state index is 0.176. The summed E-state index contributed by atoms with van der Waals surface area (Å²) >= 11 is 0. The smallest absolute Gasteiger partial charge is 0.143 e. The Labute approximate surface area is 436 Å². The van der Waals surface area contributed by atoms with Gasteiger partial charge in [-0.2, -0.15) is 0 Å². The summed E-state index contributed by atoms with van der Waals surface area (Å²) in [4.78, 5) is 2.47. The molecular formula is C71H53NO3. The van der Waals surface area contributed by atoms with Crippen LogP contribution in [-0.4, -0.2) is 0 Å². The number of furan rings is 2. The van der Waals surface area contributed by atoms with E-state index in [4.69, 9.17) is 13.6 Å². The molecule has 0 spiro atoms. The summed E-state index contributed by atoms with van der Waals surface area (Å²) in [6.07, 6.45) is 0. The molecule has 1 aliphatic heterocycles. The Morgan fingerprint density at radius 2 is 0.973 bits per heavy atom. The van der Waals surface area contributed by atoms with Crippen molar-refractivity contribution in [1.29, 1.82) is 0 Å². The molecule has 16 rings (SSSR count). The maximum atomic E-state index is 6.96. The van der Waals surface area contributed by atoms with Crippen LogP contribution in [0.3, 0.4) is 0 Å². The van der Waals surface area contributed by atoms with Crippen LogP contribution in [0.1, 0.15) is 86.1 Å². The van der Waals surface area contributed by atoms with E-state index in [0.717, 1.165) is 67.2 Å². The molecule has 10 aromatic carbocycles. The lowest BCUT2D eigenvalue weighted by Gasteiger charge is -2.30. The van der Waals surface area contributed by atoms with Crippen molar-refractivity contribution in [3.63, 3.8) is 0 Å². The Morgan fingerprint density at radius 1 is 0.387 bits per heavy atom. The van der Waals surface area contributed by atoms with Crippen molar-refractivity contribution in [3.05, 3.63) is 226 Å². The van der Waals surface area contributed by atoms with Crippen molar-refractivity contribution >= 4 is 60.9 Å². The van der Waals surface area contributed by atoms with E-state index < -0.39 is 0 Å². The molecule has 0 saturated carbocycles. The number of para-hydroxylation sites is 3. The van der Waals surface area contributed by atoms with E-state index in [1.54, 1.807) is 0 Å². The third kappa shape index (κ3) is 5.67. The summed E-state index contributed by atoms with van der Waals surface area (Å²) in [7, 11) is 0. The molecule has 2 aromatic heterocycles. The fraction of sp³-hybridized carbons (Fsp3) is 0.155. The van der Waals surface area contributed by atoms with Gasteiger partial charge >= 0.3 is 0 Å². The number of ether oxygens (including phenoxy) is 1. The first kappa shape index (κ1) is 42.9. The van der Waals surface area contributed by atoms with Gasteiger partial charge < -0.3 is 18.5 Å². The second-order valence-corrected chi connectivity index (χ2v) is 23.2. The molecule has 0 fully saturated rings. The predicted molar refractivity (Wildman–Crippen MR) is 308 cm³/mol. The van der Waals surface area contributed by atoms with E-state index in [-0.39, 0.29) is 16.2 Å². The fourth-order valence-electron chi connectivity index (χ4n) is 14.1. The van der Waals surface area contributed by atoms with Crippen LogP contribution in [0.2, 0.25) is 0 Å². The van der Waals surface area contributed by atoms with Gasteiger partial charge in [0.15, 0.2) is 0 Å². The summed E-state index contributed by atoms with van der Waals surface area (Å²) < 4.78 is 19.6. The van der Waals surface area contributed by atoms with Crippen LogP contribution >= 0.6 is 0 Å². The van der Waals surface area contributed by atoms with Gasteiger partial charge in [-0.3, -0.25) is 0 Å². The molecule has 4 heteroatoms. The molecular weight excluding hydrogens is 915 g/mol. The van der Waals surface area contributed by atoms with Crippen LogP contribution in [0.4, 0.5) is 17.1 Å². The summed E-state index contributed by atoms with van der Waals surface area (Å²) in [5.41, 5.74) is 29.2. The van der Waals surface area contributed by atoms with Crippen molar-refractivity contribution in [2.45, 2.75) is 71.3 Å². The van der Waals surface area contributed by atoms with Crippen LogP contribution < -0.4 is 9.64 Å². The number of fused-ring (bicyclic) bond motifs is 20. The van der Waals surface area contributed by atoms with Crippen molar-refractivity contribution in [1.82, 2.24) is 0 Å². The average Bonchev–Trinajstić information content (AvgIpc) is 4.33. The van der Waals surface area contributed by atoms with Gasteiger partial charge in [0.2, 0.25) is 0 Å². The monoisotopic (exact) mass is 967 g/mol. The molecule has 4 nitrogen and oxygen atoms in total. The molecule has 0 radical (unpaired) electrons. The number of hydrogen-bond donors (Lipinski definition) is 0. The molecule has 0 N–H and O–H groups in total. The SMILES string of the molecule is Cc1ccc(N(c2ccc3c(c2)C(C)(C)c2cc4c(cc2-3)C(C)(C)c2ccc3oc5ccccc5c3c2-4)c2ccc3c(c2)C(C)(C)c2cc(-c4ccc5c(c4)-c4ccccc4OC5)c4oc5ccccc5c4c2-3)cc1. The van der Waals surface area contributed by atoms with Gasteiger partial charge in [0, 0.05) is 66.0 Å². The number of hydrogen-bond acceptors (Lipinski definition) is 4. The number of benzene rings is 10. The summed E-state index contributed by atoms with van der Waals surface area (Å²) in [6.45, 7) is 17.1. The maximum Gasteiger partial charge on any atom is 0.143 e. The average molecular weight is 968 g/mol. The summed E-state index contributed by atoms with van der Waals surface area (Å²) in [5.74, 6) is 0.926. The number of anilines is 3. The normalized spacial score (nSPS) is 15.5. The molecule has 360 valence electrons. The highest BCUT2D eigenvalue weighted by molar-refractivity contribution is 6.19. The minimum atomic E-state index is -0.335. The zero-order chi connectivity index (χ0) is 50.4. The highest BCUT2D eigenvalue weighted by atomic mass is 16.5. The minimum Gasteiger partial charge on any atom is -0.488 e. The molecule has 3 aliphatic carbocycles. The highest BCUT2D eigenvalue weighted by Gasteiger charge is 2.44. The van der Waals surface area contributed by atoms with Crippen LogP contribution in [-0.2, 0) is 22.9 Å². The lowest BCUT2D eigenvalue weighted by molar-refractivity contribution is 0.302. The van der Waals surface area contributed by atoms with E-state index >= 15 is 0 Å². The third-order valence-corrected chi connectivity index (χ3v) is 18.0. The standard InChI is InChI=1S/C71H53NO3/c1-39-20-24-42(25-21-39)72(43-26-28-45-52-36-58-53(37-57(52)70(4,5)55(45)33-43)65-54(69(58,2)3)30-31-63-66(65)48-15-9-12-18-61(48)74-63)44-27-29-47-56(34-44)71(6,7)59-35-51(68-67(64(47)59)49-16-10-13-19-62(49)75-68)40-22-23-41-38-73-60-17-11-8-14-46(60)50(41)32-40/h8-37H,38H2,1-7H3. The first-order chi connectivity index (χ1) is 36.3. The van der Waals surface area contributed by atoms with Gasteiger partial charge in [0.25, 0.3) is 0 Å². The fourth-order valence-corrected chi connectivity index (χ4v) is 14.1. The molecule has 75 heavy (non-hydrogen) atoms. The van der Waals surface area contributed by atoms with Gasteiger partial charge in [-0.05, 0) is 175 Å². The predicted octanol–water partition coefficient (Wildman–Crippen LogP) is 19.4. The second kappa shape index (κ2) is 14.6. The van der Waals surface area contributed by atoms with Crippen LogP contribution in [0.5, 0.6) is 5.75 Å². The van der Waals surface area contributed by atoms with E-state index in [1.165, 1.54) is 99.6 Å². The van der Waals surface area contributed by atoms with Crippen molar-refractivity contribution < 1.29 is 13.6 Å². The first-order valence-electron chi connectivity index (χ1n) is 26.5. The lowest BCUT2D eigenvalue weighted by Crippen LogP contribution is -2.18. The number of rotatable bonds is 4. The molecule has 0 bridgehead atoms. The summed E-state index contributed by atoms with van der Waals surface area (Å²) in [5, 5.41) is 4.71. The number of nitrogens with zero attached hydrogens (tertiary/aromatic N) is 1. The quantitative estimate of drug-likeness (QED) is 0.176. The Balaban J connectivity index is 0.845. The van der Waals surface area contributed by atoms with Gasteiger partial charge in [0.1, 0.15) is 34.7 Å². The molecule has 3 heterocycles. The Kier molecular flexibility index (Phi) is 8.33. The largest absolute Gasteiger partial charge is 0.488 e. The van der Waals surface area contributed by atoms with Gasteiger partial charge in [0.05, 0.1) is 0 Å². The third-order valence-electron chi connectivity index (χ3n) is 18.0. The van der Waals surface area contributed by atoms with Crippen LogP contribution in [0.15, 0.2) is 191 Å². The van der Waals surface area contributed by atoms with Crippen molar-refractivity contribution in [2.24, 2.45) is 0 Å². The zero-order valence-electron chi connectivity index (χ0n) is 43.2. The molecule has 0 atom stereocenters. The molecule has 0 saturated heterocycles. The van der Waals surface area contributed by atoms with E-state index in [2.05, 4.69) is 229 Å². The zero-order valence-corrected chi connectivity index (χ0v) is 43.2. The summed E-state index contributed by atoms with van der Waals surface area (Å²) in [6, 6.07) is 67.7. The topological polar surface area (TPSA) is 38.8 Å².